The van der Waals surface area contributed by atoms with Gasteiger partial charge in [-0.1, -0.05) is 6.92 Å². The van der Waals surface area contributed by atoms with E-state index in [1.165, 1.54) is 0 Å². The molecule has 0 aliphatic carbocycles. The molecule has 0 unspecified atom stereocenters. The van der Waals surface area contributed by atoms with Crippen LogP contribution in [0.4, 0.5) is 0 Å². The lowest BCUT2D eigenvalue weighted by Crippen LogP contribution is -2.29. The Morgan fingerprint density at radius 1 is 1.50 bits per heavy atom. The van der Waals surface area contributed by atoms with E-state index in [1.807, 2.05) is 0 Å². The Morgan fingerprint density at radius 3 is 1.88 bits per heavy atom. The van der Waals surface area contributed by atoms with E-state index >= 15 is 0 Å². The molecule has 0 spiro atoms. The van der Waals surface area contributed by atoms with Crippen LogP contribution < -0.4 is 0 Å². The van der Waals surface area contributed by atoms with Crippen LogP contribution in [0.3, 0.4) is 0 Å². The summed E-state index contributed by atoms with van der Waals surface area (Å²) >= 11 is 0. The van der Waals surface area contributed by atoms with E-state index in [1.54, 1.807) is 6.92 Å². The monoisotopic (exact) mass is 121 g/mol. The van der Waals surface area contributed by atoms with Crippen LogP contribution in [0.5, 0.6) is 0 Å². The van der Waals surface area contributed by atoms with E-state index in [0.29, 0.717) is 0 Å². The normalized spacial score (nSPS) is 12.0. The third kappa shape index (κ3) is 1.75. The minimum absolute atomic E-state index is 0.264. The SMILES string of the molecule is [CH2]C(CC)(OO)OO. The molecule has 0 heterocycles. The Labute approximate surface area is 47.5 Å². The van der Waals surface area contributed by atoms with Crippen LogP contribution in [-0.4, -0.2) is 16.3 Å². The van der Waals surface area contributed by atoms with Crippen molar-refractivity contribution < 1.29 is 20.3 Å². The smallest absolute Gasteiger partial charge is 0.233 e. The minimum atomic E-state index is -1.51. The topological polar surface area (TPSA) is 58.9 Å². The molecule has 4 heteroatoms. The van der Waals surface area contributed by atoms with Gasteiger partial charge in [-0.15, -0.1) is 0 Å². The van der Waals surface area contributed by atoms with Crippen LogP contribution in [0.1, 0.15) is 13.3 Å². The molecule has 0 saturated heterocycles. The van der Waals surface area contributed by atoms with Crippen LogP contribution in [-0.2, 0) is 9.78 Å². The largest absolute Gasteiger partial charge is 0.249 e. The van der Waals surface area contributed by atoms with Crippen molar-refractivity contribution in [2.45, 2.75) is 19.1 Å². The van der Waals surface area contributed by atoms with Gasteiger partial charge in [0.2, 0.25) is 5.79 Å². The summed E-state index contributed by atoms with van der Waals surface area (Å²) in [6, 6.07) is 0. The van der Waals surface area contributed by atoms with Crippen molar-refractivity contribution in [3.05, 3.63) is 6.92 Å². The second-order valence-corrected chi connectivity index (χ2v) is 1.45. The van der Waals surface area contributed by atoms with Crippen LogP contribution in [0.25, 0.3) is 0 Å². The van der Waals surface area contributed by atoms with E-state index in [0.717, 1.165) is 0 Å². The Kier molecular flexibility index (Phi) is 2.93. The molecule has 8 heavy (non-hydrogen) atoms. The minimum Gasteiger partial charge on any atom is -0.249 e. The first-order valence-electron chi connectivity index (χ1n) is 2.19. The van der Waals surface area contributed by atoms with Gasteiger partial charge in [-0.2, -0.15) is 0 Å². The number of hydrogen-bond donors (Lipinski definition) is 2. The van der Waals surface area contributed by atoms with Gasteiger partial charge < -0.3 is 0 Å². The van der Waals surface area contributed by atoms with Gasteiger partial charge in [-0.3, -0.25) is 0 Å². The van der Waals surface area contributed by atoms with Gasteiger partial charge >= 0.3 is 0 Å². The lowest BCUT2D eigenvalue weighted by Gasteiger charge is -2.18. The predicted octanol–water partition coefficient (Wildman–Crippen LogP) is 0.906. The first-order valence-corrected chi connectivity index (χ1v) is 2.19. The van der Waals surface area contributed by atoms with Gasteiger partial charge in [0.15, 0.2) is 0 Å². The maximum Gasteiger partial charge on any atom is 0.233 e. The van der Waals surface area contributed by atoms with Crippen LogP contribution in [0.2, 0.25) is 0 Å². The third-order valence-electron chi connectivity index (χ3n) is 0.871. The van der Waals surface area contributed by atoms with Crippen LogP contribution in [0.15, 0.2) is 0 Å². The molecule has 2 N–H and O–H groups in total. The molecule has 0 amide bonds. The Morgan fingerprint density at radius 2 is 1.88 bits per heavy atom. The van der Waals surface area contributed by atoms with E-state index < -0.39 is 5.79 Å². The molecule has 0 aromatic carbocycles. The quantitative estimate of drug-likeness (QED) is 0.331. The van der Waals surface area contributed by atoms with E-state index in [-0.39, 0.29) is 6.42 Å². The van der Waals surface area contributed by atoms with Crippen molar-refractivity contribution in [3.63, 3.8) is 0 Å². The zero-order valence-corrected chi connectivity index (χ0v) is 4.63. The fourth-order valence-corrected chi connectivity index (χ4v) is 0.146. The van der Waals surface area contributed by atoms with Crippen molar-refractivity contribution in [2.24, 2.45) is 0 Å². The van der Waals surface area contributed by atoms with Crippen molar-refractivity contribution in [1.82, 2.24) is 0 Å². The summed E-state index contributed by atoms with van der Waals surface area (Å²) < 4.78 is 0. The molecule has 0 fully saturated rings. The molecule has 0 aliphatic rings. The molecule has 0 saturated carbocycles. The first-order chi connectivity index (χ1) is 3.68. The molecule has 49 valence electrons. The molecule has 4 nitrogen and oxygen atoms in total. The Bertz CT molecular complexity index is 50.8. The molecule has 0 rings (SSSR count). The van der Waals surface area contributed by atoms with Crippen LogP contribution >= 0.6 is 0 Å². The summed E-state index contributed by atoms with van der Waals surface area (Å²) in [6.07, 6.45) is 0.264. The third-order valence-corrected chi connectivity index (χ3v) is 0.871. The molecular formula is C4H9O4. The predicted molar refractivity (Wildman–Crippen MR) is 25.8 cm³/mol. The maximum absolute atomic E-state index is 7.94. The summed E-state index contributed by atoms with van der Waals surface area (Å²) in [7, 11) is 0. The summed E-state index contributed by atoms with van der Waals surface area (Å²) in [5.41, 5.74) is 0. The number of hydrogen-bond acceptors (Lipinski definition) is 4. The second kappa shape index (κ2) is 2.99. The first kappa shape index (κ1) is 7.84. The molecule has 0 atom stereocenters. The van der Waals surface area contributed by atoms with Crippen LogP contribution in [0, 0.1) is 6.92 Å². The highest BCUT2D eigenvalue weighted by Gasteiger charge is 2.23. The zero-order valence-electron chi connectivity index (χ0n) is 4.63. The summed E-state index contributed by atoms with van der Waals surface area (Å²) in [5.74, 6) is -1.51. The fourth-order valence-electron chi connectivity index (χ4n) is 0.146. The van der Waals surface area contributed by atoms with Gasteiger partial charge in [0.1, 0.15) is 0 Å². The molecule has 0 aromatic heterocycles. The lowest BCUT2D eigenvalue weighted by molar-refractivity contribution is -0.470. The fraction of sp³-hybridized carbons (Fsp3) is 0.750. The summed E-state index contributed by atoms with van der Waals surface area (Å²) in [6.45, 7) is 4.82. The number of rotatable bonds is 3. The highest BCUT2D eigenvalue weighted by molar-refractivity contribution is 4.65. The van der Waals surface area contributed by atoms with Gasteiger partial charge in [0.05, 0.1) is 0 Å². The second-order valence-electron chi connectivity index (χ2n) is 1.45. The van der Waals surface area contributed by atoms with E-state index in [9.17, 15) is 0 Å². The van der Waals surface area contributed by atoms with Gasteiger partial charge in [-0.05, 0) is 0 Å². The van der Waals surface area contributed by atoms with Crippen molar-refractivity contribution in [1.29, 1.82) is 0 Å². The van der Waals surface area contributed by atoms with Crippen molar-refractivity contribution in [2.75, 3.05) is 0 Å². The van der Waals surface area contributed by atoms with E-state index in [2.05, 4.69) is 16.7 Å². The molecular weight excluding hydrogens is 112 g/mol. The maximum atomic E-state index is 7.94. The average Bonchev–Trinajstić information content (AvgIpc) is 1.87. The zero-order chi connectivity index (χ0) is 6.62. The highest BCUT2D eigenvalue weighted by Crippen LogP contribution is 2.11. The summed E-state index contributed by atoms with van der Waals surface area (Å²) in [5, 5.41) is 15.9. The lowest BCUT2D eigenvalue weighted by atomic mass is 10.2. The molecule has 0 bridgehead atoms. The van der Waals surface area contributed by atoms with Gasteiger partial charge in [0, 0.05) is 13.3 Å². The Hall–Kier alpha value is -0.160. The molecule has 0 aromatic rings. The van der Waals surface area contributed by atoms with Gasteiger partial charge in [-0.25, -0.2) is 20.3 Å². The average molecular weight is 121 g/mol. The Balaban J connectivity index is 3.58. The molecule has 0 aliphatic heterocycles. The standard InChI is InChI=1S/C4H9O4/c1-3-4(2,7-5)8-6/h5-6H,2-3H2,1H3. The highest BCUT2D eigenvalue weighted by atomic mass is 17.2. The molecule has 1 radical (unpaired) electrons. The summed E-state index contributed by atoms with van der Waals surface area (Å²) in [4.78, 5) is 7.31. The van der Waals surface area contributed by atoms with E-state index in [4.69, 9.17) is 10.5 Å². The van der Waals surface area contributed by atoms with Gasteiger partial charge in [0.25, 0.3) is 0 Å². The van der Waals surface area contributed by atoms with Crippen molar-refractivity contribution >= 4 is 0 Å². The van der Waals surface area contributed by atoms with Crippen molar-refractivity contribution in [3.8, 4) is 0 Å².